The van der Waals surface area contributed by atoms with Crippen molar-refractivity contribution in [1.82, 2.24) is 0 Å². The van der Waals surface area contributed by atoms with E-state index in [0.717, 1.165) is 64.2 Å². The molecule has 0 fully saturated rings. The van der Waals surface area contributed by atoms with Crippen LogP contribution in [0.4, 0.5) is 0 Å². The maximum absolute atomic E-state index is 12.8. The summed E-state index contributed by atoms with van der Waals surface area (Å²) >= 11 is 0. The average Bonchev–Trinajstić information content (AvgIpc) is 3.42. The summed E-state index contributed by atoms with van der Waals surface area (Å²) in [5.74, 6) is -0.849. The van der Waals surface area contributed by atoms with Gasteiger partial charge in [-0.2, -0.15) is 0 Å². The first-order chi connectivity index (χ1) is 37.5. The van der Waals surface area contributed by atoms with E-state index in [1.54, 1.807) is 0 Å². The van der Waals surface area contributed by atoms with Crippen molar-refractivity contribution in [2.75, 3.05) is 13.2 Å². The Kier molecular flexibility index (Phi) is 64.1. The number of hydrogen-bond donors (Lipinski definition) is 0. The van der Waals surface area contributed by atoms with Gasteiger partial charge in [0.2, 0.25) is 0 Å². The van der Waals surface area contributed by atoms with Crippen molar-refractivity contribution in [3.05, 3.63) is 12.2 Å². The van der Waals surface area contributed by atoms with Crippen LogP contribution in [0.5, 0.6) is 0 Å². The van der Waals surface area contributed by atoms with E-state index in [1.165, 1.54) is 295 Å². The van der Waals surface area contributed by atoms with Crippen molar-refractivity contribution < 1.29 is 28.6 Å². The molecule has 0 bridgehead atoms. The van der Waals surface area contributed by atoms with Crippen molar-refractivity contribution >= 4 is 17.9 Å². The quantitative estimate of drug-likeness (QED) is 0.0261. The van der Waals surface area contributed by atoms with Crippen LogP contribution in [0.1, 0.15) is 400 Å². The van der Waals surface area contributed by atoms with Crippen LogP contribution in [0, 0.1) is 0 Å². The highest BCUT2D eigenvalue weighted by molar-refractivity contribution is 5.71. The van der Waals surface area contributed by atoms with E-state index in [0.29, 0.717) is 19.3 Å². The molecule has 0 spiro atoms. The number of allylic oxidation sites excluding steroid dienone is 2. The molecule has 0 N–H and O–H groups in total. The largest absolute Gasteiger partial charge is 0.462 e. The fraction of sp³-hybridized carbons (Fsp3) is 0.929. The molecule has 0 saturated carbocycles. The lowest BCUT2D eigenvalue weighted by Crippen LogP contribution is -2.30. The smallest absolute Gasteiger partial charge is 0.306 e. The predicted molar refractivity (Wildman–Crippen MR) is 330 cm³/mol. The van der Waals surface area contributed by atoms with Crippen LogP contribution in [0.25, 0.3) is 0 Å². The van der Waals surface area contributed by atoms with Gasteiger partial charge < -0.3 is 14.2 Å². The lowest BCUT2D eigenvalue weighted by atomic mass is 10.0. The van der Waals surface area contributed by atoms with Gasteiger partial charge in [-0.25, -0.2) is 0 Å². The highest BCUT2D eigenvalue weighted by Crippen LogP contribution is 2.19. The maximum Gasteiger partial charge on any atom is 0.306 e. The zero-order chi connectivity index (χ0) is 55.0. The third kappa shape index (κ3) is 63.0. The van der Waals surface area contributed by atoms with Gasteiger partial charge in [-0.05, 0) is 44.9 Å². The molecule has 1 unspecified atom stereocenters. The molecule has 0 heterocycles. The first-order valence-electron chi connectivity index (χ1n) is 34.7. The summed E-state index contributed by atoms with van der Waals surface area (Å²) in [6.45, 7) is 6.64. The summed E-state index contributed by atoms with van der Waals surface area (Å²) in [7, 11) is 0. The normalized spacial score (nSPS) is 12.0. The van der Waals surface area contributed by atoms with E-state index in [1.807, 2.05) is 0 Å². The molecule has 0 saturated heterocycles. The van der Waals surface area contributed by atoms with Crippen LogP contribution >= 0.6 is 0 Å². The molecule has 0 aromatic heterocycles. The highest BCUT2D eigenvalue weighted by Gasteiger charge is 2.19. The van der Waals surface area contributed by atoms with Gasteiger partial charge in [-0.3, -0.25) is 14.4 Å². The van der Waals surface area contributed by atoms with Crippen LogP contribution in [0.15, 0.2) is 12.2 Å². The number of esters is 3. The Balaban J connectivity index is 3.92. The first kappa shape index (κ1) is 74.2. The molecule has 0 aromatic carbocycles. The summed E-state index contributed by atoms with van der Waals surface area (Å²) in [6, 6.07) is 0. The summed E-state index contributed by atoms with van der Waals surface area (Å²) in [5.41, 5.74) is 0. The van der Waals surface area contributed by atoms with Crippen molar-refractivity contribution in [3.8, 4) is 0 Å². The Morgan fingerprint density at radius 1 is 0.250 bits per heavy atom. The number of unbranched alkanes of at least 4 members (excludes halogenated alkanes) is 52. The second-order valence-corrected chi connectivity index (χ2v) is 23.8. The van der Waals surface area contributed by atoms with Crippen molar-refractivity contribution in [1.29, 1.82) is 0 Å². The standard InChI is InChI=1S/C70H134O6/c1-4-7-10-13-15-17-19-21-23-25-27-29-31-33-35-37-38-40-42-44-46-48-50-52-54-57-60-63-69(72)75-66-67(65-74-68(71)62-59-56-12-9-6-3)76-70(73)64-61-58-55-53-51-49-47-45-43-41-39-36-34-32-30-28-26-24-22-20-18-16-14-11-8-5-2/h25,27,67H,4-24,26,28-66H2,1-3H3/b27-25-. The minimum atomic E-state index is -0.763. The number of ether oxygens (including phenoxy) is 3. The minimum absolute atomic E-state index is 0.0643. The van der Waals surface area contributed by atoms with Crippen molar-refractivity contribution in [2.45, 2.75) is 406 Å². The Morgan fingerprint density at radius 2 is 0.434 bits per heavy atom. The molecule has 6 nitrogen and oxygen atoms in total. The van der Waals surface area contributed by atoms with E-state index >= 15 is 0 Å². The van der Waals surface area contributed by atoms with E-state index in [9.17, 15) is 14.4 Å². The van der Waals surface area contributed by atoms with Crippen molar-refractivity contribution in [2.24, 2.45) is 0 Å². The molecule has 0 amide bonds. The molecule has 0 radical (unpaired) electrons. The minimum Gasteiger partial charge on any atom is -0.462 e. The topological polar surface area (TPSA) is 78.9 Å². The number of rotatable bonds is 65. The Bertz CT molecular complexity index is 1180. The molecule has 0 rings (SSSR count). The second kappa shape index (κ2) is 65.7. The van der Waals surface area contributed by atoms with E-state index in [2.05, 4.69) is 32.9 Å². The van der Waals surface area contributed by atoms with Gasteiger partial charge in [0.25, 0.3) is 0 Å². The molecule has 1 atom stereocenters. The van der Waals surface area contributed by atoms with Crippen molar-refractivity contribution in [3.63, 3.8) is 0 Å². The molecular formula is C70H134O6. The van der Waals surface area contributed by atoms with Gasteiger partial charge in [0.15, 0.2) is 6.10 Å². The van der Waals surface area contributed by atoms with E-state index in [-0.39, 0.29) is 31.1 Å². The molecule has 76 heavy (non-hydrogen) atoms. The monoisotopic (exact) mass is 1070 g/mol. The Hall–Kier alpha value is -1.85. The SMILES string of the molecule is CCCCCCCCCC/C=C\CCCCCCCCCCCCCCCCCC(=O)OCC(COC(=O)CCCCCCC)OC(=O)CCCCCCCCCCCCCCCCCCCCCCCCCCCC. The lowest BCUT2D eigenvalue weighted by molar-refractivity contribution is -0.167. The molecular weight excluding hydrogens is 937 g/mol. The summed E-state index contributed by atoms with van der Waals surface area (Å²) in [4.78, 5) is 38.0. The summed E-state index contributed by atoms with van der Waals surface area (Å²) < 4.78 is 16.8. The van der Waals surface area contributed by atoms with Gasteiger partial charge in [-0.15, -0.1) is 0 Å². The first-order valence-corrected chi connectivity index (χ1v) is 34.7. The predicted octanol–water partition coefficient (Wildman–Crippen LogP) is 23.6. The Labute approximate surface area is 475 Å². The fourth-order valence-electron chi connectivity index (χ4n) is 10.8. The van der Waals surface area contributed by atoms with Crippen LogP contribution in [0.3, 0.4) is 0 Å². The third-order valence-electron chi connectivity index (χ3n) is 16.0. The highest BCUT2D eigenvalue weighted by atomic mass is 16.6. The molecule has 6 heteroatoms. The average molecular weight is 1070 g/mol. The number of carbonyl (C=O) groups is 3. The summed E-state index contributed by atoms with van der Waals surface area (Å²) in [5, 5.41) is 0. The van der Waals surface area contributed by atoms with Crippen LogP contribution < -0.4 is 0 Å². The maximum atomic E-state index is 12.8. The second-order valence-electron chi connectivity index (χ2n) is 23.8. The van der Waals surface area contributed by atoms with Gasteiger partial charge in [0, 0.05) is 19.3 Å². The fourth-order valence-corrected chi connectivity index (χ4v) is 10.8. The molecule has 0 aliphatic carbocycles. The zero-order valence-electron chi connectivity index (χ0n) is 51.8. The third-order valence-corrected chi connectivity index (χ3v) is 16.0. The lowest BCUT2D eigenvalue weighted by Gasteiger charge is -2.18. The van der Waals surface area contributed by atoms with Gasteiger partial charge >= 0.3 is 17.9 Å². The van der Waals surface area contributed by atoms with Gasteiger partial charge in [0.05, 0.1) is 0 Å². The molecule has 0 aliphatic rings. The van der Waals surface area contributed by atoms with Gasteiger partial charge in [-0.1, -0.05) is 348 Å². The van der Waals surface area contributed by atoms with Crippen LogP contribution in [-0.4, -0.2) is 37.2 Å². The number of hydrogen-bond acceptors (Lipinski definition) is 6. The molecule has 450 valence electrons. The summed E-state index contributed by atoms with van der Waals surface area (Å²) in [6.07, 6.45) is 78.7. The number of carbonyl (C=O) groups excluding carboxylic acids is 3. The van der Waals surface area contributed by atoms with E-state index < -0.39 is 6.10 Å². The molecule has 0 aliphatic heterocycles. The van der Waals surface area contributed by atoms with Gasteiger partial charge in [0.1, 0.15) is 13.2 Å². The van der Waals surface area contributed by atoms with E-state index in [4.69, 9.17) is 14.2 Å². The molecule has 0 aromatic rings. The van der Waals surface area contributed by atoms with Crippen LogP contribution in [-0.2, 0) is 28.6 Å². The van der Waals surface area contributed by atoms with Crippen LogP contribution in [0.2, 0.25) is 0 Å². The Morgan fingerprint density at radius 3 is 0.658 bits per heavy atom. The zero-order valence-corrected chi connectivity index (χ0v) is 51.8.